The number of benzene rings is 1. The molecule has 1 aromatic carbocycles. The number of carbonyl (C=O) groups is 1. The number of rotatable bonds is 4. The summed E-state index contributed by atoms with van der Waals surface area (Å²) in [6.45, 7) is 5.10. The second kappa shape index (κ2) is 5.61. The number of thiophene rings is 1. The van der Waals surface area contributed by atoms with E-state index < -0.39 is 0 Å². The quantitative estimate of drug-likeness (QED) is 0.865. The SMILES string of the molecule is CC(C)CN(C(=O)c1sc2ccc(Br)cc2c1N)C1CC1. The zero-order valence-corrected chi connectivity index (χ0v) is 14.6. The summed E-state index contributed by atoms with van der Waals surface area (Å²) < 4.78 is 2.05. The highest BCUT2D eigenvalue weighted by molar-refractivity contribution is 9.10. The zero-order valence-electron chi connectivity index (χ0n) is 12.2. The fourth-order valence-electron chi connectivity index (χ4n) is 2.56. The number of amides is 1. The van der Waals surface area contributed by atoms with Crippen molar-refractivity contribution in [2.45, 2.75) is 32.7 Å². The molecule has 21 heavy (non-hydrogen) atoms. The topological polar surface area (TPSA) is 46.3 Å². The van der Waals surface area contributed by atoms with E-state index in [9.17, 15) is 4.79 Å². The van der Waals surface area contributed by atoms with Crippen LogP contribution in [0.15, 0.2) is 22.7 Å². The summed E-state index contributed by atoms with van der Waals surface area (Å²) >= 11 is 4.97. The molecule has 0 radical (unpaired) electrons. The van der Waals surface area contributed by atoms with Gasteiger partial charge in [-0.05, 0) is 37.0 Å². The summed E-state index contributed by atoms with van der Waals surface area (Å²) in [5, 5.41) is 0.970. The van der Waals surface area contributed by atoms with Crippen LogP contribution in [0.25, 0.3) is 10.1 Å². The van der Waals surface area contributed by atoms with Crippen LogP contribution in [0.1, 0.15) is 36.4 Å². The molecule has 0 saturated heterocycles. The van der Waals surface area contributed by atoms with E-state index in [4.69, 9.17) is 5.73 Å². The van der Waals surface area contributed by atoms with E-state index in [0.717, 1.165) is 33.9 Å². The van der Waals surface area contributed by atoms with Gasteiger partial charge >= 0.3 is 0 Å². The van der Waals surface area contributed by atoms with Crippen molar-refractivity contribution in [1.29, 1.82) is 0 Å². The molecule has 1 amide bonds. The minimum atomic E-state index is 0.0982. The van der Waals surface area contributed by atoms with E-state index in [2.05, 4.69) is 29.8 Å². The van der Waals surface area contributed by atoms with E-state index in [1.54, 1.807) is 0 Å². The monoisotopic (exact) mass is 366 g/mol. The largest absolute Gasteiger partial charge is 0.397 e. The van der Waals surface area contributed by atoms with Gasteiger partial charge in [0.15, 0.2) is 0 Å². The molecule has 1 saturated carbocycles. The predicted molar refractivity (Wildman–Crippen MR) is 92.8 cm³/mol. The first kappa shape index (κ1) is 14.9. The first-order chi connectivity index (χ1) is 9.97. The fourth-order valence-corrected chi connectivity index (χ4v) is 3.98. The van der Waals surface area contributed by atoms with E-state index in [1.165, 1.54) is 11.3 Å². The lowest BCUT2D eigenvalue weighted by Crippen LogP contribution is -2.36. The van der Waals surface area contributed by atoms with Crippen molar-refractivity contribution in [3.05, 3.63) is 27.5 Å². The first-order valence-corrected chi connectivity index (χ1v) is 8.87. The number of anilines is 1. The van der Waals surface area contributed by atoms with Crippen molar-refractivity contribution < 1.29 is 4.79 Å². The zero-order chi connectivity index (χ0) is 15.1. The summed E-state index contributed by atoms with van der Waals surface area (Å²) in [6, 6.07) is 6.40. The number of nitrogens with zero attached hydrogens (tertiary/aromatic N) is 1. The van der Waals surface area contributed by atoms with Gasteiger partial charge in [-0.1, -0.05) is 29.8 Å². The molecule has 3 rings (SSSR count). The molecule has 1 aromatic heterocycles. The fraction of sp³-hybridized carbons (Fsp3) is 0.438. The summed E-state index contributed by atoms with van der Waals surface area (Å²) in [4.78, 5) is 15.6. The summed E-state index contributed by atoms with van der Waals surface area (Å²) in [7, 11) is 0. The van der Waals surface area contributed by atoms with Gasteiger partial charge < -0.3 is 10.6 Å². The molecular formula is C16H19BrN2OS. The molecule has 0 bridgehead atoms. The van der Waals surface area contributed by atoms with Gasteiger partial charge in [-0.15, -0.1) is 11.3 Å². The number of hydrogen-bond acceptors (Lipinski definition) is 3. The second-order valence-corrected chi connectivity index (χ2v) is 8.04. The lowest BCUT2D eigenvalue weighted by atomic mass is 10.2. The molecule has 5 heteroatoms. The van der Waals surface area contributed by atoms with Crippen LogP contribution in [0.2, 0.25) is 0 Å². The third-order valence-electron chi connectivity index (χ3n) is 3.69. The Bertz CT molecular complexity index is 691. The Labute approximate surface area is 137 Å². The smallest absolute Gasteiger partial charge is 0.266 e. The Kier molecular flexibility index (Phi) is 3.97. The lowest BCUT2D eigenvalue weighted by molar-refractivity contribution is 0.0728. The highest BCUT2D eigenvalue weighted by atomic mass is 79.9. The highest BCUT2D eigenvalue weighted by Crippen LogP contribution is 2.38. The number of fused-ring (bicyclic) bond motifs is 1. The highest BCUT2D eigenvalue weighted by Gasteiger charge is 2.34. The van der Waals surface area contributed by atoms with Crippen LogP contribution in [0.4, 0.5) is 5.69 Å². The van der Waals surface area contributed by atoms with Crippen molar-refractivity contribution in [3.63, 3.8) is 0 Å². The lowest BCUT2D eigenvalue weighted by Gasteiger charge is -2.24. The molecule has 1 heterocycles. The Hall–Kier alpha value is -1.07. The molecule has 0 aliphatic heterocycles. The minimum absolute atomic E-state index is 0.0982. The third-order valence-corrected chi connectivity index (χ3v) is 5.36. The maximum absolute atomic E-state index is 12.9. The van der Waals surface area contributed by atoms with Crippen molar-refractivity contribution in [1.82, 2.24) is 4.90 Å². The van der Waals surface area contributed by atoms with Crippen LogP contribution in [-0.4, -0.2) is 23.4 Å². The molecule has 1 fully saturated rings. The number of halogens is 1. The molecule has 112 valence electrons. The number of nitrogen functional groups attached to an aromatic ring is 1. The van der Waals surface area contributed by atoms with Crippen LogP contribution in [0, 0.1) is 5.92 Å². The molecule has 0 unspecified atom stereocenters. The first-order valence-electron chi connectivity index (χ1n) is 7.26. The van der Waals surface area contributed by atoms with Crippen LogP contribution < -0.4 is 5.73 Å². The van der Waals surface area contributed by atoms with E-state index in [1.807, 2.05) is 23.1 Å². The molecule has 2 N–H and O–H groups in total. The van der Waals surface area contributed by atoms with Crippen LogP contribution in [0.3, 0.4) is 0 Å². The van der Waals surface area contributed by atoms with Gasteiger partial charge in [-0.3, -0.25) is 4.79 Å². The maximum Gasteiger partial charge on any atom is 0.266 e. The van der Waals surface area contributed by atoms with Gasteiger partial charge in [0.1, 0.15) is 4.88 Å². The molecule has 2 aromatic rings. The summed E-state index contributed by atoms with van der Waals surface area (Å²) in [6.07, 6.45) is 2.24. The Morgan fingerprint density at radius 1 is 1.48 bits per heavy atom. The number of carbonyl (C=O) groups excluding carboxylic acids is 1. The predicted octanol–water partition coefficient (Wildman–Crippen LogP) is 4.51. The summed E-state index contributed by atoms with van der Waals surface area (Å²) in [5.41, 5.74) is 6.86. The average molecular weight is 367 g/mol. The van der Waals surface area contributed by atoms with Crippen molar-refractivity contribution in [2.24, 2.45) is 5.92 Å². The molecule has 0 atom stereocenters. The molecule has 3 nitrogen and oxygen atoms in total. The average Bonchev–Trinajstić information content (AvgIpc) is 3.21. The molecule has 0 spiro atoms. The van der Waals surface area contributed by atoms with Gasteiger partial charge in [0.05, 0.1) is 5.69 Å². The molecular weight excluding hydrogens is 348 g/mol. The van der Waals surface area contributed by atoms with Gasteiger partial charge in [0.25, 0.3) is 5.91 Å². The van der Waals surface area contributed by atoms with Crippen molar-refractivity contribution in [3.8, 4) is 0 Å². The maximum atomic E-state index is 12.9. The van der Waals surface area contributed by atoms with Gasteiger partial charge in [0.2, 0.25) is 0 Å². The minimum Gasteiger partial charge on any atom is -0.397 e. The van der Waals surface area contributed by atoms with Crippen molar-refractivity contribution >= 4 is 48.9 Å². The molecule has 1 aliphatic carbocycles. The van der Waals surface area contributed by atoms with Crippen LogP contribution in [-0.2, 0) is 0 Å². The van der Waals surface area contributed by atoms with Crippen LogP contribution in [0.5, 0.6) is 0 Å². The van der Waals surface area contributed by atoms with E-state index in [0.29, 0.717) is 22.5 Å². The standard InChI is InChI=1S/C16H19BrN2OS/c1-9(2)8-19(11-4-5-11)16(20)15-14(18)12-7-10(17)3-6-13(12)21-15/h3,6-7,9,11H,4-5,8,18H2,1-2H3. The Balaban J connectivity index is 1.98. The van der Waals surface area contributed by atoms with E-state index in [-0.39, 0.29) is 5.91 Å². The second-order valence-electron chi connectivity index (χ2n) is 6.07. The van der Waals surface area contributed by atoms with Gasteiger partial charge in [-0.2, -0.15) is 0 Å². The number of hydrogen-bond donors (Lipinski definition) is 1. The van der Waals surface area contributed by atoms with Gasteiger partial charge in [0, 0.05) is 27.1 Å². The molecule has 1 aliphatic rings. The Morgan fingerprint density at radius 2 is 2.19 bits per heavy atom. The van der Waals surface area contributed by atoms with Gasteiger partial charge in [-0.25, -0.2) is 0 Å². The van der Waals surface area contributed by atoms with E-state index >= 15 is 0 Å². The normalized spacial score (nSPS) is 14.9. The third kappa shape index (κ3) is 2.94. The summed E-state index contributed by atoms with van der Waals surface area (Å²) in [5.74, 6) is 0.570. The van der Waals surface area contributed by atoms with Crippen LogP contribution >= 0.6 is 27.3 Å². The Morgan fingerprint density at radius 3 is 2.81 bits per heavy atom. The number of nitrogens with two attached hydrogens (primary N) is 1. The van der Waals surface area contributed by atoms with Crippen molar-refractivity contribution in [2.75, 3.05) is 12.3 Å².